The van der Waals surface area contributed by atoms with E-state index in [4.69, 9.17) is 4.74 Å². The molecule has 0 aliphatic carbocycles. The van der Waals surface area contributed by atoms with E-state index in [1.165, 1.54) is 5.56 Å². The van der Waals surface area contributed by atoms with Crippen LogP contribution in [0.3, 0.4) is 0 Å². The number of nitrogens with one attached hydrogen (secondary N) is 1. The van der Waals surface area contributed by atoms with Gasteiger partial charge in [0.1, 0.15) is 11.8 Å². The summed E-state index contributed by atoms with van der Waals surface area (Å²) >= 11 is 0. The summed E-state index contributed by atoms with van der Waals surface area (Å²) in [7, 11) is 1.66. The third-order valence-corrected chi connectivity index (χ3v) is 5.07. The van der Waals surface area contributed by atoms with Crippen molar-refractivity contribution in [3.8, 4) is 5.75 Å². The predicted octanol–water partition coefficient (Wildman–Crippen LogP) is 3.14. The third kappa shape index (κ3) is 3.18. The molecule has 1 saturated heterocycles. The molecule has 134 valence electrons. The van der Waals surface area contributed by atoms with Gasteiger partial charge in [0.05, 0.1) is 19.7 Å². The second kappa shape index (κ2) is 6.84. The molecule has 2 atom stereocenters. The van der Waals surface area contributed by atoms with Crippen LogP contribution in [0.15, 0.2) is 60.9 Å². The van der Waals surface area contributed by atoms with Crippen LogP contribution in [0.5, 0.6) is 5.75 Å². The second-order valence-corrected chi connectivity index (χ2v) is 6.86. The van der Waals surface area contributed by atoms with Crippen LogP contribution in [-0.2, 0) is 11.3 Å². The van der Waals surface area contributed by atoms with E-state index in [0.29, 0.717) is 6.54 Å². The Bertz CT molecular complexity index is 814. The molecule has 0 radical (unpaired) electrons. The van der Waals surface area contributed by atoms with Gasteiger partial charge in [-0.2, -0.15) is 0 Å². The van der Waals surface area contributed by atoms with Crippen LogP contribution in [0.4, 0.5) is 0 Å². The highest BCUT2D eigenvalue weighted by molar-refractivity contribution is 5.84. The summed E-state index contributed by atoms with van der Waals surface area (Å²) in [4.78, 5) is 14.7. The van der Waals surface area contributed by atoms with Crippen molar-refractivity contribution in [2.75, 3.05) is 7.11 Å². The molecule has 5 heteroatoms. The lowest BCUT2D eigenvalue weighted by Gasteiger charge is -2.31. The van der Waals surface area contributed by atoms with Crippen LogP contribution in [0, 0.1) is 6.92 Å². The van der Waals surface area contributed by atoms with E-state index in [0.717, 1.165) is 23.3 Å². The van der Waals surface area contributed by atoms with Crippen LogP contribution < -0.4 is 10.2 Å². The van der Waals surface area contributed by atoms with Crippen molar-refractivity contribution in [3.63, 3.8) is 0 Å². The molecular formula is C21H23N3O2. The molecule has 0 aromatic heterocycles. The Labute approximate surface area is 153 Å². The molecule has 5 nitrogen and oxygen atoms in total. The fraction of sp³-hybridized carbons (Fsp3) is 0.286. The van der Waals surface area contributed by atoms with Gasteiger partial charge in [-0.05, 0) is 36.6 Å². The first-order valence-corrected chi connectivity index (χ1v) is 8.87. The Hall–Kier alpha value is -2.79. The van der Waals surface area contributed by atoms with Crippen molar-refractivity contribution in [2.24, 2.45) is 0 Å². The van der Waals surface area contributed by atoms with Gasteiger partial charge in [0.25, 0.3) is 5.91 Å². The number of benzene rings is 2. The first kappa shape index (κ1) is 16.7. The van der Waals surface area contributed by atoms with Crippen molar-refractivity contribution in [3.05, 3.63) is 77.6 Å². The maximum Gasteiger partial charge on any atom is 0.251 e. The second-order valence-electron chi connectivity index (χ2n) is 6.86. The molecule has 1 N–H and O–H groups in total. The summed E-state index contributed by atoms with van der Waals surface area (Å²) in [5, 5.41) is 1.93. The molecule has 2 unspecified atom stereocenters. The fourth-order valence-corrected chi connectivity index (χ4v) is 3.51. The number of carbonyl (C=O) groups is 1. The van der Waals surface area contributed by atoms with Crippen molar-refractivity contribution >= 4 is 5.91 Å². The van der Waals surface area contributed by atoms with Crippen molar-refractivity contribution < 1.29 is 9.53 Å². The van der Waals surface area contributed by atoms with E-state index < -0.39 is 0 Å². The largest absolute Gasteiger partial charge is 0.497 e. The first-order chi connectivity index (χ1) is 12.6. The number of methoxy groups -OCH3 is 1. The molecule has 2 aliphatic heterocycles. The molecule has 1 amide bonds. The number of nitrogens with zero attached hydrogens (tertiary/aromatic N) is 2. The zero-order chi connectivity index (χ0) is 18.1. The first-order valence-electron chi connectivity index (χ1n) is 8.87. The number of hydrazine groups is 1. The minimum atomic E-state index is -0.169. The van der Waals surface area contributed by atoms with Crippen molar-refractivity contribution in [1.29, 1.82) is 0 Å². The molecule has 4 rings (SSSR count). The highest BCUT2D eigenvalue weighted by atomic mass is 16.5. The van der Waals surface area contributed by atoms with E-state index in [1.807, 2.05) is 46.6 Å². The molecule has 0 saturated carbocycles. The maximum absolute atomic E-state index is 12.9. The number of amides is 1. The van der Waals surface area contributed by atoms with Gasteiger partial charge in [0, 0.05) is 12.4 Å². The van der Waals surface area contributed by atoms with E-state index >= 15 is 0 Å². The van der Waals surface area contributed by atoms with Gasteiger partial charge in [-0.1, -0.05) is 42.0 Å². The summed E-state index contributed by atoms with van der Waals surface area (Å²) in [5.74, 6) is 0.973. The number of aryl methyl sites for hydroxylation is 1. The molecular weight excluding hydrogens is 326 g/mol. The fourth-order valence-electron chi connectivity index (χ4n) is 3.51. The molecule has 0 bridgehead atoms. The summed E-state index contributed by atoms with van der Waals surface area (Å²) in [5.41, 5.74) is 6.95. The molecule has 2 aromatic rings. The predicted molar refractivity (Wildman–Crippen MR) is 100.0 cm³/mol. The normalized spacial score (nSPS) is 21.8. The number of carbonyl (C=O) groups excluding carboxylic acids is 1. The standard InChI is InChI=1S/C21H23N3O2/c1-15-3-5-16(6-4-15)14-23-11-12-24-20(21(23)25)13-19(22-24)17-7-9-18(26-2)10-8-17/h3-12,19-20,22H,13-14H2,1-2H3. The number of fused-ring (bicyclic) bond motifs is 1. The quantitative estimate of drug-likeness (QED) is 0.921. The summed E-state index contributed by atoms with van der Waals surface area (Å²) in [6.45, 7) is 2.67. The molecule has 2 heterocycles. The van der Waals surface area contributed by atoms with Gasteiger partial charge in [0.15, 0.2) is 0 Å². The van der Waals surface area contributed by atoms with E-state index in [-0.39, 0.29) is 18.0 Å². The highest BCUT2D eigenvalue weighted by Crippen LogP contribution is 2.31. The number of ether oxygens (including phenoxy) is 1. The highest BCUT2D eigenvalue weighted by Gasteiger charge is 2.39. The smallest absolute Gasteiger partial charge is 0.251 e. The Morgan fingerprint density at radius 1 is 1.08 bits per heavy atom. The lowest BCUT2D eigenvalue weighted by Crippen LogP contribution is -2.47. The topological polar surface area (TPSA) is 44.8 Å². The van der Waals surface area contributed by atoms with Gasteiger partial charge in [-0.25, -0.2) is 5.43 Å². The Balaban J connectivity index is 1.46. The summed E-state index contributed by atoms with van der Waals surface area (Å²) in [6.07, 6.45) is 4.58. The van der Waals surface area contributed by atoms with Gasteiger partial charge in [-0.3, -0.25) is 4.79 Å². The lowest BCUT2D eigenvalue weighted by atomic mass is 10.0. The van der Waals surface area contributed by atoms with Crippen LogP contribution in [0.1, 0.15) is 29.2 Å². The SMILES string of the molecule is COc1ccc(C2CC3C(=O)N(Cc4ccc(C)cc4)C=CN3N2)cc1. The minimum Gasteiger partial charge on any atom is -0.497 e. The van der Waals surface area contributed by atoms with Crippen molar-refractivity contribution in [2.45, 2.75) is 32.0 Å². The zero-order valence-corrected chi connectivity index (χ0v) is 15.1. The minimum absolute atomic E-state index is 0.124. The Morgan fingerprint density at radius 2 is 1.81 bits per heavy atom. The zero-order valence-electron chi connectivity index (χ0n) is 15.1. The Morgan fingerprint density at radius 3 is 2.50 bits per heavy atom. The van der Waals surface area contributed by atoms with Crippen LogP contribution >= 0.6 is 0 Å². The van der Waals surface area contributed by atoms with Gasteiger partial charge in [-0.15, -0.1) is 0 Å². The number of hydrogen-bond donors (Lipinski definition) is 1. The average Bonchev–Trinajstić information content (AvgIpc) is 3.11. The average molecular weight is 349 g/mol. The number of hydrogen-bond acceptors (Lipinski definition) is 4. The van der Waals surface area contributed by atoms with E-state index in [9.17, 15) is 4.79 Å². The van der Waals surface area contributed by atoms with E-state index in [1.54, 1.807) is 7.11 Å². The van der Waals surface area contributed by atoms with Gasteiger partial charge in [0.2, 0.25) is 0 Å². The van der Waals surface area contributed by atoms with Crippen LogP contribution in [0.2, 0.25) is 0 Å². The molecule has 0 spiro atoms. The monoisotopic (exact) mass is 349 g/mol. The summed E-state index contributed by atoms with van der Waals surface area (Å²) < 4.78 is 5.22. The molecule has 26 heavy (non-hydrogen) atoms. The lowest BCUT2D eigenvalue weighted by molar-refractivity contribution is -0.134. The molecule has 1 fully saturated rings. The Kier molecular flexibility index (Phi) is 4.39. The number of rotatable bonds is 4. The summed E-state index contributed by atoms with van der Waals surface area (Å²) in [6, 6.07) is 16.3. The molecule has 2 aromatic carbocycles. The van der Waals surface area contributed by atoms with Gasteiger partial charge < -0.3 is 14.6 Å². The van der Waals surface area contributed by atoms with Gasteiger partial charge >= 0.3 is 0 Å². The van der Waals surface area contributed by atoms with Crippen LogP contribution in [-0.4, -0.2) is 29.0 Å². The van der Waals surface area contributed by atoms with Crippen molar-refractivity contribution in [1.82, 2.24) is 15.3 Å². The molecule has 2 aliphatic rings. The van der Waals surface area contributed by atoms with Crippen LogP contribution in [0.25, 0.3) is 0 Å². The van der Waals surface area contributed by atoms with E-state index in [2.05, 4.69) is 36.6 Å². The third-order valence-electron chi connectivity index (χ3n) is 5.07. The maximum atomic E-state index is 12.9.